The number of aryl methyl sites for hydroxylation is 1. The summed E-state index contributed by atoms with van der Waals surface area (Å²) in [5.41, 5.74) is 3.78. The van der Waals surface area contributed by atoms with E-state index in [1.807, 2.05) is 43.3 Å². The van der Waals surface area contributed by atoms with Gasteiger partial charge in [-0.05, 0) is 31.9 Å². The molecule has 1 unspecified atom stereocenters. The highest BCUT2D eigenvalue weighted by Gasteiger charge is 2.19. The SMILES string of the molecule is CCCCC(C)n1cc(C(=O)c2ccccc2C)c2ccccc21. The maximum Gasteiger partial charge on any atom is 0.195 e. The molecule has 0 saturated carbocycles. The fraction of sp³-hybridized carbons (Fsp3) is 0.318. The van der Waals surface area contributed by atoms with E-state index < -0.39 is 0 Å². The van der Waals surface area contributed by atoms with Crippen molar-refractivity contribution in [3.05, 3.63) is 71.4 Å². The Bertz CT molecular complexity index is 859. The summed E-state index contributed by atoms with van der Waals surface area (Å²) in [5, 5.41) is 1.05. The van der Waals surface area contributed by atoms with Crippen LogP contribution in [0.25, 0.3) is 10.9 Å². The van der Waals surface area contributed by atoms with E-state index in [4.69, 9.17) is 0 Å². The largest absolute Gasteiger partial charge is 0.344 e. The molecule has 24 heavy (non-hydrogen) atoms. The van der Waals surface area contributed by atoms with Gasteiger partial charge in [-0.2, -0.15) is 0 Å². The van der Waals surface area contributed by atoms with Gasteiger partial charge in [-0.1, -0.05) is 62.2 Å². The van der Waals surface area contributed by atoms with Crippen LogP contribution in [0.2, 0.25) is 0 Å². The van der Waals surface area contributed by atoms with Crippen LogP contribution in [-0.2, 0) is 0 Å². The van der Waals surface area contributed by atoms with Crippen molar-refractivity contribution in [2.75, 3.05) is 0 Å². The number of aromatic nitrogens is 1. The average molecular weight is 319 g/mol. The lowest BCUT2D eigenvalue weighted by Crippen LogP contribution is -2.05. The molecular weight excluding hydrogens is 294 g/mol. The first-order valence-corrected chi connectivity index (χ1v) is 8.83. The van der Waals surface area contributed by atoms with Crippen LogP contribution in [0.3, 0.4) is 0 Å². The van der Waals surface area contributed by atoms with Crippen molar-refractivity contribution >= 4 is 16.7 Å². The van der Waals surface area contributed by atoms with Crippen molar-refractivity contribution in [3.8, 4) is 0 Å². The maximum atomic E-state index is 13.1. The summed E-state index contributed by atoms with van der Waals surface area (Å²) in [6.07, 6.45) is 5.58. The molecule has 0 fully saturated rings. The van der Waals surface area contributed by atoms with Gasteiger partial charge in [-0.3, -0.25) is 4.79 Å². The number of ketones is 1. The van der Waals surface area contributed by atoms with E-state index in [0.717, 1.165) is 34.0 Å². The van der Waals surface area contributed by atoms with Gasteiger partial charge in [0.1, 0.15) is 0 Å². The third kappa shape index (κ3) is 3.01. The third-order valence-electron chi connectivity index (χ3n) is 4.83. The second kappa shape index (κ2) is 7.04. The molecule has 2 aromatic carbocycles. The maximum absolute atomic E-state index is 13.1. The Morgan fingerprint density at radius 1 is 1.04 bits per heavy atom. The molecule has 3 aromatic rings. The molecule has 1 atom stereocenters. The first-order chi connectivity index (χ1) is 11.6. The standard InChI is InChI=1S/C22H25NO/c1-4-5-11-17(3)23-15-20(19-13-8-9-14-21(19)23)22(24)18-12-7-6-10-16(18)2/h6-10,12-15,17H,4-5,11H2,1-3H3. The van der Waals surface area contributed by atoms with Crippen LogP contribution in [0.15, 0.2) is 54.7 Å². The van der Waals surface area contributed by atoms with Crippen molar-refractivity contribution in [3.63, 3.8) is 0 Å². The van der Waals surface area contributed by atoms with Gasteiger partial charge in [0, 0.05) is 34.3 Å². The zero-order valence-electron chi connectivity index (χ0n) is 14.8. The van der Waals surface area contributed by atoms with E-state index in [9.17, 15) is 4.79 Å². The minimum absolute atomic E-state index is 0.116. The molecule has 0 spiro atoms. The molecule has 0 radical (unpaired) electrons. The van der Waals surface area contributed by atoms with Gasteiger partial charge in [0.25, 0.3) is 0 Å². The Balaban J connectivity index is 2.09. The third-order valence-corrected chi connectivity index (χ3v) is 4.83. The molecule has 3 rings (SSSR count). The number of unbranched alkanes of at least 4 members (excludes halogenated alkanes) is 1. The number of carbonyl (C=O) groups excluding carboxylic acids is 1. The van der Waals surface area contributed by atoms with Gasteiger partial charge in [0.05, 0.1) is 0 Å². The Morgan fingerprint density at radius 2 is 1.75 bits per heavy atom. The van der Waals surface area contributed by atoms with Crippen molar-refractivity contribution in [2.24, 2.45) is 0 Å². The summed E-state index contributed by atoms with van der Waals surface area (Å²) in [7, 11) is 0. The van der Waals surface area contributed by atoms with Gasteiger partial charge >= 0.3 is 0 Å². The van der Waals surface area contributed by atoms with Gasteiger partial charge < -0.3 is 4.57 Å². The number of fused-ring (bicyclic) bond motifs is 1. The number of nitrogens with zero attached hydrogens (tertiary/aromatic N) is 1. The summed E-state index contributed by atoms with van der Waals surface area (Å²) < 4.78 is 2.27. The molecule has 0 saturated heterocycles. The van der Waals surface area contributed by atoms with E-state index in [1.54, 1.807) is 0 Å². The first kappa shape index (κ1) is 16.5. The summed E-state index contributed by atoms with van der Waals surface area (Å²) in [5.74, 6) is 0.116. The van der Waals surface area contributed by atoms with Gasteiger partial charge in [-0.15, -0.1) is 0 Å². The smallest absolute Gasteiger partial charge is 0.195 e. The Labute approximate surface area is 144 Å². The fourth-order valence-corrected chi connectivity index (χ4v) is 3.36. The fourth-order valence-electron chi connectivity index (χ4n) is 3.36. The zero-order chi connectivity index (χ0) is 17.1. The first-order valence-electron chi connectivity index (χ1n) is 8.83. The van der Waals surface area contributed by atoms with Crippen molar-refractivity contribution < 1.29 is 4.79 Å². The molecule has 0 aliphatic heterocycles. The lowest BCUT2D eigenvalue weighted by Gasteiger charge is -2.14. The lowest BCUT2D eigenvalue weighted by atomic mass is 9.99. The lowest BCUT2D eigenvalue weighted by molar-refractivity contribution is 0.103. The number of rotatable bonds is 6. The molecule has 0 aliphatic carbocycles. The Hall–Kier alpha value is -2.35. The molecule has 2 heteroatoms. The predicted octanol–water partition coefficient (Wildman–Crippen LogP) is 5.93. The quantitative estimate of drug-likeness (QED) is 0.516. The highest BCUT2D eigenvalue weighted by Crippen LogP contribution is 2.29. The molecule has 0 amide bonds. The Kier molecular flexibility index (Phi) is 4.84. The highest BCUT2D eigenvalue weighted by atomic mass is 16.1. The van der Waals surface area contributed by atoms with Crippen molar-refractivity contribution in [1.82, 2.24) is 4.57 Å². The van der Waals surface area contributed by atoms with Crippen LogP contribution >= 0.6 is 0 Å². The van der Waals surface area contributed by atoms with E-state index >= 15 is 0 Å². The average Bonchev–Trinajstić information content (AvgIpc) is 2.99. The summed E-state index contributed by atoms with van der Waals surface area (Å²) in [4.78, 5) is 13.1. The van der Waals surface area contributed by atoms with Gasteiger partial charge in [-0.25, -0.2) is 0 Å². The minimum atomic E-state index is 0.116. The van der Waals surface area contributed by atoms with Gasteiger partial charge in [0.15, 0.2) is 5.78 Å². The zero-order valence-corrected chi connectivity index (χ0v) is 14.8. The van der Waals surface area contributed by atoms with Crippen molar-refractivity contribution in [2.45, 2.75) is 46.1 Å². The number of benzene rings is 2. The van der Waals surface area contributed by atoms with E-state index in [1.165, 1.54) is 12.8 Å². The topological polar surface area (TPSA) is 22.0 Å². The molecule has 1 heterocycles. The second-order valence-electron chi connectivity index (χ2n) is 6.60. The molecule has 0 aliphatic rings. The molecular formula is C22H25NO. The van der Waals surface area contributed by atoms with Crippen molar-refractivity contribution in [1.29, 1.82) is 0 Å². The van der Waals surface area contributed by atoms with Crippen LogP contribution in [0, 0.1) is 6.92 Å². The van der Waals surface area contributed by atoms with E-state index in [0.29, 0.717) is 6.04 Å². The number of para-hydroxylation sites is 1. The monoisotopic (exact) mass is 319 g/mol. The minimum Gasteiger partial charge on any atom is -0.344 e. The van der Waals surface area contributed by atoms with Crippen LogP contribution in [-0.4, -0.2) is 10.4 Å². The normalized spacial score (nSPS) is 12.5. The number of carbonyl (C=O) groups is 1. The molecule has 0 bridgehead atoms. The summed E-state index contributed by atoms with van der Waals surface area (Å²) in [6.45, 7) is 6.45. The van der Waals surface area contributed by atoms with E-state index in [-0.39, 0.29) is 5.78 Å². The Morgan fingerprint density at radius 3 is 2.50 bits per heavy atom. The molecule has 124 valence electrons. The van der Waals surface area contributed by atoms with Crippen LogP contribution in [0.5, 0.6) is 0 Å². The molecule has 2 nitrogen and oxygen atoms in total. The van der Waals surface area contributed by atoms with Crippen LogP contribution in [0.1, 0.15) is 60.6 Å². The number of hydrogen-bond donors (Lipinski definition) is 0. The number of hydrogen-bond acceptors (Lipinski definition) is 1. The second-order valence-corrected chi connectivity index (χ2v) is 6.60. The van der Waals surface area contributed by atoms with Crippen LogP contribution in [0.4, 0.5) is 0 Å². The molecule has 0 N–H and O–H groups in total. The highest BCUT2D eigenvalue weighted by molar-refractivity contribution is 6.17. The van der Waals surface area contributed by atoms with Gasteiger partial charge in [0.2, 0.25) is 0 Å². The van der Waals surface area contributed by atoms with Crippen LogP contribution < -0.4 is 0 Å². The predicted molar refractivity (Wildman–Crippen MR) is 101 cm³/mol. The summed E-state index contributed by atoms with van der Waals surface area (Å²) in [6, 6.07) is 16.5. The molecule has 1 aromatic heterocycles. The summed E-state index contributed by atoms with van der Waals surface area (Å²) >= 11 is 0. The van der Waals surface area contributed by atoms with E-state index in [2.05, 4.69) is 36.7 Å².